The van der Waals surface area contributed by atoms with Crippen LogP contribution in [0.3, 0.4) is 0 Å². The molecule has 0 radical (unpaired) electrons. The molecule has 2 heteroatoms. The Bertz CT molecular complexity index is 545. The summed E-state index contributed by atoms with van der Waals surface area (Å²) >= 11 is 0. The smallest absolute Gasteiger partial charge is 0.557 e. The van der Waals surface area contributed by atoms with Gasteiger partial charge in [-0.05, 0) is 5.56 Å². The Morgan fingerprint density at radius 3 is 1.89 bits per heavy atom. The van der Waals surface area contributed by atoms with Crippen molar-refractivity contribution < 1.29 is 23.3 Å². The molecule has 0 amide bonds. The topological polar surface area (TPSA) is 13.1 Å². The summed E-state index contributed by atoms with van der Waals surface area (Å²) in [5, 5.41) is 0. The van der Waals surface area contributed by atoms with Crippen molar-refractivity contribution in [2.24, 2.45) is 0 Å². The van der Waals surface area contributed by atoms with Gasteiger partial charge in [-0.2, -0.15) is 0 Å². The molecule has 2 aromatic carbocycles. The Kier molecular flexibility index (Phi) is 4.10. The molecule has 3 aromatic rings. The molecule has 0 aliphatic heterocycles. The van der Waals surface area contributed by atoms with Crippen LogP contribution in [-0.2, 0) is 0 Å². The quantitative estimate of drug-likeness (QED) is 0.476. The van der Waals surface area contributed by atoms with Gasteiger partial charge in [-0.3, -0.25) is 0 Å². The third kappa shape index (κ3) is 2.59. The molecule has 0 atom stereocenters. The van der Waals surface area contributed by atoms with Crippen molar-refractivity contribution in [1.82, 2.24) is 0 Å². The van der Waals surface area contributed by atoms with Crippen LogP contribution in [0.4, 0.5) is 0 Å². The van der Waals surface area contributed by atoms with Gasteiger partial charge in [-0.1, -0.05) is 66.2 Å². The van der Waals surface area contributed by atoms with Crippen LogP contribution in [0.25, 0.3) is 22.5 Å². The van der Waals surface area contributed by atoms with E-state index < -0.39 is 0 Å². The second-order valence-electron chi connectivity index (χ2n) is 3.86. The average molecular weight is 226 g/mol. The maximum atomic E-state index is 5.48. The van der Waals surface area contributed by atoms with Crippen molar-refractivity contribution in [3.05, 3.63) is 73.0 Å². The van der Waals surface area contributed by atoms with E-state index in [9.17, 15) is 0 Å². The van der Waals surface area contributed by atoms with E-state index in [0.29, 0.717) is 0 Å². The minimum Gasteiger partial charge on any atom is -0.557 e. The molecule has 82 valence electrons. The molecule has 1 heterocycles. The summed E-state index contributed by atoms with van der Waals surface area (Å²) in [7, 11) is 0. The first-order valence-electron chi connectivity index (χ1n) is 5.56. The first-order chi connectivity index (χ1) is 8.43. The molecular weight excluding hydrogens is 215 g/mol. The summed E-state index contributed by atoms with van der Waals surface area (Å²) in [6, 6.07) is 22.2. The van der Waals surface area contributed by atoms with Crippen LogP contribution >= 0.6 is 0 Å². The van der Waals surface area contributed by atoms with E-state index >= 15 is 0 Å². The SMILES string of the molecule is [Li+].[c-]1oc(-c2ccccc2)cc1-c1ccccc1. The largest absolute Gasteiger partial charge is 1.00 e. The average Bonchev–Trinajstić information content (AvgIpc) is 2.90. The van der Waals surface area contributed by atoms with Crippen LogP contribution in [0.5, 0.6) is 0 Å². The molecule has 0 bridgehead atoms. The minimum absolute atomic E-state index is 0. The summed E-state index contributed by atoms with van der Waals surface area (Å²) in [6.07, 6.45) is 2.95. The normalized spacial score (nSPS) is 9.78. The number of furan rings is 1. The zero-order valence-corrected chi connectivity index (χ0v) is 10.3. The van der Waals surface area contributed by atoms with Crippen molar-refractivity contribution >= 4 is 0 Å². The monoisotopic (exact) mass is 226 g/mol. The summed E-state index contributed by atoms with van der Waals surface area (Å²) in [4.78, 5) is 0. The first kappa shape index (κ1) is 12.8. The van der Waals surface area contributed by atoms with E-state index in [4.69, 9.17) is 4.42 Å². The fourth-order valence-corrected chi connectivity index (χ4v) is 1.80. The number of hydrogen-bond donors (Lipinski definition) is 0. The Labute approximate surface area is 119 Å². The van der Waals surface area contributed by atoms with Crippen molar-refractivity contribution in [1.29, 1.82) is 0 Å². The first-order valence-corrected chi connectivity index (χ1v) is 5.56. The zero-order valence-electron chi connectivity index (χ0n) is 10.3. The minimum atomic E-state index is 0. The molecule has 18 heavy (non-hydrogen) atoms. The third-order valence-corrected chi connectivity index (χ3v) is 2.69. The van der Waals surface area contributed by atoms with Gasteiger partial charge in [0.15, 0.2) is 0 Å². The van der Waals surface area contributed by atoms with Crippen LogP contribution in [0.1, 0.15) is 0 Å². The van der Waals surface area contributed by atoms with Gasteiger partial charge in [-0.15, -0.1) is 11.6 Å². The van der Waals surface area contributed by atoms with E-state index in [1.54, 1.807) is 0 Å². The van der Waals surface area contributed by atoms with E-state index in [1.165, 1.54) is 0 Å². The standard InChI is InChI=1S/C16H11O.Li/c1-3-7-13(8-4-1)15-11-16(17-12-15)14-9-5-2-6-10-14;/h1-11H;/q-1;+1. The van der Waals surface area contributed by atoms with Gasteiger partial charge in [0.05, 0.1) is 0 Å². The van der Waals surface area contributed by atoms with E-state index in [-0.39, 0.29) is 18.9 Å². The maximum absolute atomic E-state index is 5.48. The molecule has 0 fully saturated rings. The van der Waals surface area contributed by atoms with Crippen molar-refractivity contribution in [2.45, 2.75) is 0 Å². The summed E-state index contributed by atoms with van der Waals surface area (Å²) in [5.41, 5.74) is 3.19. The molecule has 1 nitrogen and oxygen atoms in total. The molecular formula is C16H11LiO. The molecule has 3 rings (SSSR count). The Morgan fingerprint density at radius 2 is 1.28 bits per heavy atom. The van der Waals surface area contributed by atoms with Gasteiger partial charge in [0, 0.05) is 12.0 Å². The Balaban J connectivity index is 0.00000120. The Hall–Kier alpha value is -1.68. The van der Waals surface area contributed by atoms with Crippen LogP contribution < -0.4 is 18.9 Å². The van der Waals surface area contributed by atoms with E-state index in [1.807, 2.05) is 54.6 Å². The maximum Gasteiger partial charge on any atom is 1.00 e. The third-order valence-electron chi connectivity index (χ3n) is 2.69. The summed E-state index contributed by atoms with van der Waals surface area (Å²) in [5.74, 6) is 0.851. The molecule has 0 aliphatic carbocycles. The predicted octanol–water partition coefficient (Wildman–Crippen LogP) is 1.42. The van der Waals surface area contributed by atoms with Gasteiger partial charge in [-0.25, -0.2) is 0 Å². The molecule has 0 spiro atoms. The molecule has 0 saturated heterocycles. The van der Waals surface area contributed by atoms with E-state index in [2.05, 4.69) is 18.4 Å². The molecule has 0 saturated carbocycles. The van der Waals surface area contributed by atoms with Gasteiger partial charge < -0.3 is 4.42 Å². The second-order valence-corrected chi connectivity index (χ2v) is 3.86. The fraction of sp³-hybridized carbons (Fsp3) is 0. The van der Waals surface area contributed by atoms with Crippen LogP contribution in [0.2, 0.25) is 0 Å². The summed E-state index contributed by atoms with van der Waals surface area (Å²) < 4.78 is 5.48. The van der Waals surface area contributed by atoms with Gasteiger partial charge >= 0.3 is 18.9 Å². The fourth-order valence-electron chi connectivity index (χ4n) is 1.80. The molecule has 0 N–H and O–H groups in total. The summed E-state index contributed by atoms with van der Waals surface area (Å²) in [6.45, 7) is 0. The molecule has 0 unspecified atom stereocenters. The van der Waals surface area contributed by atoms with Crippen LogP contribution in [0, 0.1) is 6.26 Å². The van der Waals surface area contributed by atoms with E-state index in [0.717, 1.165) is 22.5 Å². The van der Waals surface area contributed by atoms with Gasteiger partial charge in [0.2, 0.25) is 0 Å². The zero-order chi connectivity index (χ0) is 11.5. The number of benzene rings is 2. The molecule has 0 aliphatic rings. The number of rotatable bonds is 2. The van der Waals surface area contributed by atoms with Gasteiger partial charge in [0.1, 0.15) is 0 Å². The van der Waals surface area contributed by atoms with Crippen molar-refractivity contribution in [3.8, 4) is 22.5 Å². The number of hydrogen-bond acceptors (Lipinski definition) is 1. The Morgan fingerprint density at radius 1 is 0.722 bits per heavy atom. The molecule has 1 aromatic heterocycles. The predicted molar refractivity (Wildman–Crippen MR) is 68.4 cm³/mol. The van der Waals surface area contributed by atoms with Crippen molar-refractivity contribution in [3.63, 3.8) is 0 Å². The van der Waals surface area contributed by atoms with Crippen LogP contribution in [-0.4, -0.2) is 0 Å². The van der Waals surface area contributed by atoms with Crippen LogP contribution in [0.15, 0.2) is 71.1 Å². The van der Waals surface area contributed by atoms with Crippen molar-refractivity contribution in [2.75, 3.05) is 0 Å². The second kappa shape index (κ2) is 5.78. The van der Waals surface area contributed by atoms with Gasteiger partial charge in [0.25, 0.3) is 0 Å².